The predicted octanol–water partition coefficient (Wildman–Crippen LogP) is 1.35. The smallest absolute Gasteiger partial charge is 0.277 e. The summed E-state index contributed by atoms with van der Waals surface area (Å²) < 4.78 is 2.73. The quantitative estimate of drug-likeness (QED) is 0.726. The number of β-amino-alcohol motifs (C(OH)–C–C–N with tert-alkyl or cyclic N) is 1. The number of hydrogen-bond acceptors (Lipinski definition) is 5. The molecule has 2 heterocycles. The van der Waals surface area contributed by atoms with Crippen LogP contribution in [-0.4, -0.2) is 44.8 Å². The Morgan fingerprint density at radius 1 is 1.21 bits per heavy atom. The number of nitrogens with one attached hydrogen (secondary N) is 1. The minimum absolute atomic E-state index is 0.00227. The zero-order valence-electron chi connectivity index (χ0n) is 12.6. The molecule has 8 heteroatoms. The van der Waals surface area contributed by atoms with Crippen LogP contribution in [0.15, 0.2) is 52.9 Å². The molecule has 1 aromatic carbocycles. The molecule has 0 saturated carbocycles. The van der Waals surface area contributed by atoms with E-state index in [1.807, 2.05) is 30.5 Å². The normalized spacial score (nSPS) is 14.2. The molecule has 2 amide bonds. The first-order valence-electron chi connectivity index (χ1n) is 7.29. The van der Waals surface area contributed by atoms with Gasteiger partial charge in [-0.3, -0.25) is 19.2 Å². The van der Waals surface area contributed by atoms with E-state index >= 15 is 0 Å². The van der Waals surface area contributed by atoms with Gasteiger partial charge in [0.15, 0.2) is 0 Å². The number of anilines is 1. The Labute approximate surface area is 146 Å². The van der Waals surface area contributed by atoms with Crippen LogP contribution in [-0.2, 0) is 16.1 Å². The molecule has 124 valence electrons. The molecule has 0 atom stereocenters. The zero-order chi connectivity index (χ0) is 17.1. The lowest BCUT2D eigenvalue weighted by Crippen LogP contribution is -2.34. The van der Waals surface area contributed by atoms with Gasteiger partial charge in [-0.25, -0.2) is 0 Å². The van der Waals surface area contributed by atoms with Crippen molar-refractivity contribution in [2.24, 2.45) is 0 Å². The molecule has 0 saturated heterocycles. The number of hydrogen-bond donors (Lipinski definition) is 2. The summed E-state index contributed by atoms with van der Waals surface area (Å²) in [7, 11) is 0. The third-order valence-corrected chi connectivity index (χ3v) is 3.92. The Morgan fingerprint density at radius 3 is 2.58 bits per heavy atom. The van der Waals surface area contributed by atoms with Crippen LogP contribution < -0.4 is 5.32 Å². The maximum Gasteiger partial charge on any atom is 0.277 e. The molecular weight excluding hydrogens is 376 g/mol. The van der Waals surface area contributed by atoms with Gasteiger partial charge in [-0.2, -0.15) is 5.10 Å². The number of amides is 2. The fraction of sp³-hybridized carbons (Fsp3) is 0.188. The van der Waals surface area contributed by atoms with Crippen molar-refractivity contribution in [1.82, 2.24) is 14.7 Å². The van der Waals surface area contributed by atoms with Crippen molar-refractivity contribution in [2.75, 3.05) is 18.5 Å². The topological polar surface area (TPSA) is 87.5 Å². The average Bonchev–Trinajstić information content (AvgIpc) is 3.08. The summed E-state index contributed by atoms with van der Waals surface area (Å²) in [6, 6.07) is 7.51. The number of halogens is 1. The summed E-state index contributed by atoms with van der Waals surface area (Å²) in [5.74, 6) is -0.850. The number of carbonyl (C=O) groups excluding carboxylic acids is 2. The van der Waals surface area contributed by atoms with Crippen molar-refractivity contribution in [3.8, 4) is 0 Å². The van der Waals surface area contributed by atoms with Gasteiger partial charge in [0.25, 0.3) is 11.8 Å². The maximum atomic E-state index is 12.1. The zero-order valence-corrected chi connectivity index (χ0v) is 14.2. The highest BCUT2D eigenvalue weighted by molar-refractivity contribution is 9.10. The predicted molar refractivity (Wildman–Crippen MR) is 91.0 cm³/mol. The lowest BCUT2D eigenvalue weighted by atomic mass is 10.2. The molecule has 24 heavy (non-hydrogen) atoms. The SMILES string of the molecule is O=C1C=C(Nc2ccc(Cn3cc(Br)cn3)cc2)C(=O)N1CCO. The Bertz CT molecular complexity index is 798. The number of rotatable bonds is 6. The standard InChI is InChI=1S/C16H15BrN4O3/c17-12-8-18-20(10-12)9-11-1-3-13(4-2-11)19-14-7-15(23)21(5-6-22)16(14)24/h1-4,7-8,10,19,22H,5-6,9H2. The molecule has 0 unspecified atom stereocenters. The number of aliphatic hydroxyl groups is 1. The van der Waals surface area contributed by atoms with Crippen molar-refractivity contribution in [2.45, 2.75) is 6.54 Å². The minimum atomic E-state index is -0.431. The third kappa shape index (κ3) is 3.55. The van der Waals surface area contributed by atoms with Gasteiger partial charge in [0.05, 0.1) is 30.4 Å². The van der Waals surface area contributed by atoms with Gasteiger partial charge in [-0.1, -0.05) is 12.1 Å². The molecule has 0 bridgehead atoms. The van der Waals surface area contributed by atoms with Crippen LogP contribution in [0.2, 0.25) is 0 Å². The van der Waals surface area contributed by atoms with Crippen LogP contribution in [0.1, 0.15) is 5.56 Å². The van der Waals surface area contributed by atoms with Gasteiger partial charge in [0.2, 0.25) is 0 Å². The van der Waals surface area contributed by atoms with E-state index in [2.05, 4.69) is 26.3 Å². The summed E-state index contributed by atoms with van der Waals surface area (Å²) in [5.41, 5.74) is 1.97. The van der Waals surface area contributed by atoms with E-state index in [0.717, 1.165) is 14.9 Å². The van der Waals surface area contributed by atoms with E-state index in [9.17, 15) is 9.59 Å². The first-order chi connectivity index (χ1) is 11.6. The summed E-state index contributed by atoms with van der Waals surface area (Å²) in [6.45, 7) is 0.380. The first-order valence-corrected chi connectivity index (χ1v) is 8.08. The van der Waals surface area contributed by atoms with E-state index in [1.54, 1.807) is 10.9 Å². The maximum absolute atomic E-state index is 12.1. The second-order valence-electron chi connectivity index (χ2n) is 5.25. The van der Waals surface area contributed by atoms with Crippen LogP contribution in [0.4, 0.5) is 5.69 Å². The Hall–Kier alpha value is -2.45. The monoisotopic (exact) mass is 390 g/mol. The molecule has 7 nitrogen and oxygen atoms in total. The molecule has 2 aromatic rings. The number of nitrogens with zero attached hydrogens (tertiary/aromatic N) is 3. The average molecular weight is 391 g/mol. The second-order valence-corrected chi connectivity index (χ2v) is 6.17. The molecule has 1 aromatic heterocycles. The largest absolute Gasteiger partial charge is 0.395 e. The van der Waals surface area contributed by atoms with Crippen molar-refractivity contribution >= 4 is 33.4 Å². The highest BCUT2D eigenvalue weighted by Gasteiger charge is 2.30. The van der Waals surface area contributed by atoms with E-state index in [4.69, 9.17) is 5.11 Å². The Balaban J connectivity index is 1.65. The van der Waals surface area contributed by atoms with Crippen LogP contribution in [0, 0.1) is 0 Å². The van der Waals surface area contributed by atoms with E-state index in [-0.39, 0.29) is 18.8 Å². The van der Waals surface area contributed by atoms with Crippen molar-refractivity contribution in [3.05, 3.63) is 58.5 Å². The molecule has 0 spiro atoms. The summed E-state index contributed by atoms with van der Waals surface area (Å²) in [4.78, 5) is 24.8. The number of carbonyl (C=O) groups is 2. The highest BCUT2D eigenvalue weighted by atomic mass is 79.9. The van der Waals surface area contributed by atoms with Gasteiger partial charge < -0.3 is 10.4 Å². The third-order valence-electron chi connectivity index (χ3n) is 3.51. The Morgan fingerprint density at radius 2 is 1.96 bits per heavy atom. The van der Waals surface area contributed by atoms with E-state index < -0.39 is 11.8 Å². The molecule has 3 rings (SSSR count). The first kappa shape index (κ1) is 16.4. The lowest BCUT2D eigenvalue weighted by Gasteiger charge is -2.13. The molecular formula is C16H15BrN4O3. The lowest BCUT2D eigenvalue weighted by molar-refractivity contribution is -0.137. The summed E-state index contributed by atoms with van der Waals surface area (Å²) >= 11 is 3.35. The van der Waals surface area contributed by atoms with Crippen LogP contribution in [0.3, 0.4) is 0 Å². The van der Waals surface area contributed by atoms with Gasteiger partial charge in [0, 0.05) is 18.0 Å². The van der Waals surface area contributed by atoms with Crippen LogP contribution in [0.25, 0.3) is 0 Å². The number of imide groups is 1. The van der Waals surface area contributed by atoms with Gasteiger partial charge in [-0.05, 0) is 33.6 Å². The van der Waals surface area contributed by atoms with E-state index in [1.165, 1.54) is 6.08 Å². The molecule has 0 aliphatic carbocycles. The summed E-state index contributed by atoms with van der Waals surface area (Å²) in [6.07, 6.45) is 4.85. The van der Waals surface area contributed by atoms with Crippen LogP contribution >= 0.6 is 15.9 Å². The Kier molecular flexibility index (Phi) is 4.77. The number of benzene rings is 1. The second kappa shape index (κ2) is 6.98. The van der Waals surface area contributed by atoms with Crippen LogP contribution in [0.5, 0.6) is 0 Å². The molecule has 0 fully saturated rings. The minimum Gasteiger partial charge on any atom is -0.395 e. The fourth-order valence-electron chi connectivity index (χ4n) is 2.37. The highest BCUT2D eigenvalue weighted by Crippen LogP contribution is 2.18. The summed E-state index contributed by atoms with van der Waals surface area (Å²) in [5, 5.41) is 16.0. The van der Waals surface area contributed by atoms with Gasteiger partial charge in [-0.15, -0.1) is 0 Å². The van der Waals surface area contributed by atoms with Crippen molar-refractivity contribution in [3.63, 3.8) is 0 Å². The number of aliphatic hydroxyl groups excluding tert-OH is 1. The van der Waals surface area contributed by atoms with E-state index in [0.29, 0.717) is 12.2 Å². The molecule has 1 aliphatic heterocycles. The fourth-order valence-corrected chi connectivity index (χ4v) is 2.70. The van der Waals surface area contributed by atoms with Crippen molar-refractivity contribution < 1.29 is 14.7 Å². The molecule has 0 radical (unpaired) electrons. The molecule has 2 N–H and O–H groups in total. The van der Waals surface area contributed by atoms with Crippen molar-refractivity contribution in [1.29, 1.82) is 0 Å². The van der Waals surface area contributed by atoms with Gasteiger partial charge >= 0.3 is 0 Å². The van der Waals surface area contributed by atoms with Gasteiger partial charge in [0.1, 0.15) is 5.70 Å². The molecule has 1 aliphatic rings. The number of aromatic nitrogens is 2.